The molecule has 1 amide bonds. The zero-order valence-electron chi connectivity index (χ0n) is 9.53. The van der Waals surface area contributed by atoms with Gasteiger partial charge in [-0.15, -0.1) is 0 Å². The molecular formula is C13H15ClN2O. The van der Waals surface area contributed by atoms with Gasteiger partial charge in [0.25, 0.3) is 0 Å². The first-order valence-electron chi connectivity index (χ1n) is 6.14. The first-order valence-corrected chi connectivity index (χ1v) is 6.51. The van der Waals surface area contributed by atoms with Gasteiger partial charge < -0.3 is 5.32 Å². The van der Waals surface area contributed by atoms with E-state index in [0.29, 0.717) is 17.5 Å². The Bertz CT molecular complexity index is 432. The lowest BCUT2D eigenvalue weighted by Gasteiger charge is -2.11. The standard InChI is InChI=1S/C13H15ClN2O/c14-12-4-3-10(7-15-12)16-13(17)6-9-2-1-8-5-11(8)9/h3-4,7-9,11H,1-2,5-6H2,(H,16,17). The number of anilines is 1. The highest BCUT2D eigenvalue weighted by Gasteiger charge is 2.48. The van der Waals surface area contributed by atoms with Crippen LogP contribution >= 0.6 is 11.6 Å². The Kier molecular flexibility index (Phi) is 2.79. The Morgan fingerprint density at radius 3 is 2.94 bits per heavy atom. The summed E-state index contributed by atoms with van der Waals surface area (Å²) in [6.45, 7) is 0. The van der Waals surface area contributed by atoms with E-state index < -0.39 is 0 Å². The van der Waals surface area contributed by atoms with E-state index in [1.54, 1.807) is 18.3 Å². The fraction of sp³-hybridized carbons (Fsp3) is 0.538. The molecule has 2 aliphatic rings. The van der Waals surface area contributed by atoms with Crippen molar-refractivity contribution in [2.45, 2.75) is 25.7 Å². The van der Waals surface area contributed by atoms with Gasteiger partial charge in [0.15, 0.2) is 0 Å². The Hall–Kier alpha value is -1.09. The zero-order chi connectivity index (χ0) is 11.8. The number of nitrogens with one attached hydrogen (secondary N) is 1. The Labute approximate surface area is 106 Å². The highest BCUT2D eigenvalue weighted by molar-refractivity contribution is 6.29. The second kappa shape index (κ2) is 4.30. The van der Waals surface area contributed by atoms with Crippen molar-refractivity contribution in [2.75, 3.05) is 5.32 Å². The molecule has 1 aromatic heterocycles. The molecule has 2 aliphatic carbocycles. The molecule has 3 rings (SSSR count). The number of aromatic nitrogens is 1. The van der Waals surface area contributed by atoms with Gasteiger partial charge in [0.2, 0.25) is 5.91 Å². The number of halogens is 1. The number of hydrogen-bond acceptors (Lipinski definition) is 2. The molecule has 4 heteroatoms. The van der Waals surface area contributed by atoms with E-state index in [0.717, 1.165) is 17.5 Å². The van der Waals surface area contributed by atoms with Crippen LogP contribution in [0.25, 0.3) is 0 Å². The predicted octanol–water partition coefficient (Wildman–Crippen LogP) is 3.11. The van der Waals surface area contributed by atoms with Crippen LogP contribution in [0.15, 0.2) is 18.3 Å². The highest BCUT2D eigenvalue weighted by atomic mass is 35.5. The quantitative estimate of drug-likeness (QED) is 0.838. The van der Waals surface area contributed by atoms with E-state index >= 15 is 0 Å². The van der Waals surface area contributed by atoms with Crippen LogP contribution in [0, 0.1) is 17.8 Å². The topological polar surface area (TPSA) is 42.0 Å². The third kappa shape index (κ3) is 2.44. The van der Waals surface area contributed by atoms with E-state index in [9.17, 15) is 4.79 Å². The molecule has 0 radical (unpaired) electrons. The molecule has 0 bridgehead atoms. The van der Waals surface area contributed by atoms with E-state index in [-0.39, 0.29) is 5.91 Å². The van der Waals surface area contributed by atoms with Crippen LogP contribution in [0.1, 0.15) is 25.7 Å². The van der Waals surface area contributed by atoms with Gasteiger partial charge in [-0.25, -0.2) is 4.98 Å². The van der Waals surface area contributed by atoms with E-state index in [1.165, 1.54) is 19.3 Å². The molecule has 0 aliphatic heterocycles. The minimum Gasteiger partial charge on any atom is -0.325 e. The molecule has 17 heavy (non-hydrogen) atoms. The Morgan fingerprint density at radius 2 is 2.35 bits per heavy atom. The summed E-state index contributed by atoms with van der Waals surface area (Å²) in [6.07, 6.45) is 6.14. The maximum atomic E-state index is 11.8. The molecule has 90 valence electrons. The molecule has 2 fully saturated rings. The third-order valence-corrected chi connectivity index (χ3v) is 4.17. The monoisotopic (exact) mass is 250 g/mol. The van der Waals surface area contributed by atoms with E-state index in [2.05, 4.69) is 10.3 Å². The highest BCUT2D eigenvalue weighted by Crippen LogP contribution is 2.56. The number of nitrogens with zero attached hydrogens (tertiary/aromatic N) is 1. The molecule has 3 nitrogen and oxygen atoms in total. The lowest BCUT2D eigenvalue weighted by atomic mass is 9.99. The van der Waals surface area contributed by atoms with E-state index in [1.807, 2.05) is 0 Å². The number of carbonyl (C=O) groups excluding carboxylic acids is 1. The Morgan fingerprint density at radius 1 is 1.47 bits per heavy atom. The number of amides is 1. The fourth-order valence-corrected chi connectivity index (χ4v) is 3.09. The van der Waals surface area contributed by atoms with Gasteiger partial charge in [0, 0.05) is 6.42 Å². The molecular weight excluding hydrogens is 236 g/mol. The van der Waals surface area contributed by atoms with Crippen molar-refractivity contribution in [3.05, 3.63) is 23.5 Å². The lowest BCUT2D eigenvalue weighted by Crippen LogP contribution is -2.16. The van der Waals surface area contributed by atoms with Gasteiger partial charge in [-0.3, -0.25) is 4.79 Å². The van der Waals surface area contributed by atoms with Crippen molar-refractivity contribution in [3.8, 4) is 0 Å². The average Bonchev–Trinajstić information content (AvgIpc) is 2.99. The number of pyridine rings is 1. The minimum absolute atomic E-state index is 0.103. The predicted molar refractivity (Wildman–Crippen MR) is 66.8 cm³/mol. The first kappa shape index (κ1) is 11.0. The molecule has 2 saturated carbocycles. The molecule has 3 unspecified atom stereocenters. The first-order chi connectivity index (χ1) is 8.22. The molecule has 1 aromatic rings. The maximum absolute atomic E-state index is 11.8. The second-order valence-corrected chi connectivity index (χ2v) is 5.51. The van der Waals surface area contributed by atoms with Gasteiger partial charge in [-0.1, -0.05) is 11.6 Å². The summed E-state index contributed by atoms with van der Waals surface area (Å²) in [4.78, 5) is 15.8. The summed E-state index contributed by atoms with van der Waals surface area (Å²) in [5, 5.41) is 3.32. The van der Waals surface area contributed by atoms with Crippen LogP contribution in [0.5, 0.6) is 0 Å². The number of carbonyl (C=O) groups is 1. The smallest absolute Gasteiger partial charge is 0.224 e. The summed E-state index contributed by atoms with van der Waals surface area (Å²) in [5.74, 6) is 2.49. The van der Waals surface area contributed by atoms with Gasteiger partial charge in [-0.05, 0) is 49.1 Å². The third-order valence-electron chi connectivity index (χ3n) is 3.95. The summed E-state index contributed by atoms with van der Waals surface area (Å²) >= 11 is 5.69. The zero-order valence-corrected chi connectivity index (χ0v) is 10.3. The number of hydrogen-bond donors (Lipinski definition) is 1. The molecule has 0 spiro atoms. The maximum Gasteiger partial charge on any atom is 0.224 e. The molecule has 0 saturated heterocycles. The van der Waals surface area contributed by atoms with Crippen molar-refractivity contribution >= 4 is 23.2 Å². The van der Waals surface area contributed by atoms with Crippen molar-refractivity contribution in [1.82, 2.24) is 4.98 Å². The van der Waals surface area contributed by atoms with Crippen LogP contribution in [0.2, 0.25) is 5.15 Å². The summed E-state index contributed by atoms with van der Waals surface area (Å²) in [6, 6.07) is 3.46. The molecule has 0 aromatic carbocycles. The normalized spacial score (nSPS) is 29.8. The van der Waals surface area contributed by atoms with Gasteiger partial charge in [-0.2, -0.15) is 0 Å². The second-order valence-electron chi connectivity index (χ2n) is 5.12. The number of fused-ring (bicyclic) bond motifs is 1. The van der Waals surface area contributed by atoms with Crippen molar-refractivity contribution < 1.29 is 4.79 Å². The van der Waals surface area contributed by atoms with Crippen LogP contribution in [0.3, 0.4) is 0 Å². The van der Waals surface area contributed by atoms with Gasteiger partial charge in [0.05, 0.1) is 11.9 Å². The number of rotatable bonds is 3. The SMILES string of the molecule is O=C(CC1CCC2CC12)Nc1ccc(Cl)nc1. The molecule has 1 N–H and O–H groups in total. The summed E-state index contributed by atoms with van der Waals surface area (Å²) in [5.41, 5.74) is 0.727. The van der Waals surface area contributed by atoms with Crippen LogP contribution in [0.4, 0.5) is 5.69 Å². The molecule has 1 heterocycles. The fourth-order valence-electron chi connectivity index (χ4n) is 2.98. The van der Waals surface area contributed by atoms with Gasteiger partial charge >= 0.3 is 0 Å². The largest absolute Gasteiger partial charge is 0.325 e. The van der Waals surface area contributed by atoms with Crippen LogP contribution < -0.4 is 5.32 Å². The van der Waals surface area contributed by atoms with Crippen molar-refractivity contribution in [2.24, 2.45) is 17.8 Å². The summed E-state index contributed by atoms with van der Waals surface area (Å²) < 4.78 is 0. The van der Waals surface area contributed by atoms with Crippen molar-refractivity contribution in [3.63, 3.8) is 0 Å². The average molecular weight is 251 g/mol. The van der Waals surface area contributed by atoms with E-state index in [4.69, 9.17) is 11.6 Å². The van der Waals surface area contributed by atoms with Crippen LogP contribution in [-0.4, -0.2) is 10.9 Å². The molecule has 3 atom stereocenters. The van der Waals surface area contributed by atoms with Gasteiger partial charge in [0.1, 0.15) is 5.15 Å². The van der Waals surface area contributed by atoms with Crippen LogP contribution in [-0.2, 0) is 4.79 Å². The Balaban J connectivity index is 1.54. The minimum atomic E-state index is 0.103. The lowest BCUT2D eigenvalue weighted by molar-refractivity contribution is -0.117. The summed E-state index contributed by atoms with van der Waals surface area (Å²) in [7, 11) is 0. The van der Waals surface area contributed by atoms with Crippen molar-refractivity contribution in [1.29, 1.82) is 0 Å².